The lowest BCUT2D eigenvalue weighted by atomic mass is 9.62. The highest BCUT2D eigenvalue weighted by Crippen LogP contribution is 2.56. The molecule has 0 bridgehead atoms. The van der Waals surface area contributed by atoms with Crippen LogP contribution in [-0.2, 0) is 4.79 Å². The van der Waals surface area contributed by atoms with Crippen molar-refractivity contribution in [3.8, 4) is 0 Å². The van der Waals surface area contributed by atoms with Gasteiger partial charge in [-0.25, -0.2) is 0 Å². The molecule has 0 amide bonds. The van der Waals surface area contributed by atoms with Gasteiger partial charge in [-0.2, -0.15) is 0 Å². The van der Waals surface area contributed by atoms with Gasteiger partial charge in [0.2, 0.25) is 0 Å². The fourth-order valence-electron chi connectivity index (χ4n) is 4.57. The zero-order valence-corrected chi connectivity index (χ0v) is 15.0. The number of hydrogen-bond donors (Lipinski definition) is 2. The van der Waals surface area contributed by atoms with E-state index in [-0.39, 0.29) is 17.9 Å². The Morgan fingerprint density at radius 3 is 3.00 bits per heavy atom. The maximum absolute atomic E-state index is 11.5. The number of fused-ring (bicyclic) bond motifs is 3. The first-order valence-electron chi connectivity index (χ1n) is 7.94. The Hall–Kier alpha value is -0.740. The van der Waals surface area contributed by atoms with E-state index in [0.29, 0.717) is 5.92 Å². The summed E-state index contributed by atoms with van der Waals surface area (Å²) in [6.07, 6.45) is 5.35. The van der Waals surface area contributed by atoms with Gasteiger partial charge in [0, 0.05) is 21.8 Å². The molecule has 1 saturated carbocycles. The molecule has 1 aliphatic heterocycles. The average Bonchev–Trinajstić information content (AvgIpc) is 2.79. The molecule has 1 heterocycles. The minimum Gasteiger partial charge on any atom is -0.481 e. The second-order valence-electron chi connectivity index (χ2n) is 6.66. The molecule has 3 nitrogen and oxygen atoms in total. The molecule has 2 aliphatic rings. The Bertz CT molecular complexity index is 603. The van der Waals surface area contributed by atoms with Crippen LogP contribution in [0, 0.1) is 5.41 Å². The molecule has 5 heteroatoms. The Labute approximate surface area is 144 Å². The highest BCUT2D eigenvalue weighted by Gasteiger charge is 2.50. The average molecular weight is 387 g/mol. The molecule has 3 atom stereocenters. The molecular weight excluding hydrogens is 366 g/mol. The number of carbonyl (C=O) groups is 1. The molecule has 0 saturated heterocycles. The number of halogens is 2. The number of carboxylic acid groups (broad SMARTS) is 1. The van der Waals surface area contributed by atoms with Crippen molar-refractivity contribution in [1.29, 1.82) is 0 Å². The molecule has 22 heavy (non-hydrogen) atoms. The van der Waals surface area contributed by atoms with Crippen LogP contribution in [0.25, 0.3) is 0 Å². The van der Waals surface area contributed by atoms with E-state index < -0.39 is 5.97 Å². The minimum absolute atomic E-state index is 0.168. The van der Waals surface area contributed by atoms with Gasteiger partial charge >= 0.3 is 5.97 Å². The van der Waals surface area contributed by atoms with Crippen LogP contribution in [0.4, 0.5) is 5.69 Å². The van der Waals surface area contributed by atoms with Crippen molar-refractivity contribution < 1.29 is 9.90 Å². The molecule has 3 rings (SSSR count). The van der Waals surface area contributed by atoms with E-state index in [1.807, 2.05) is 6.07 Å². The molecule has 0 spiro atoms. The molecule has 1 aliphatic carbocycles. The lowest BCUT2D eigenvalue weighted by Crippen LogP contribution is -2.46. The quantitative estimate of drug-likeness (QED) is 0.726. The number of carboxylic acids is 1. The third-order valence-electron chi connectivity index (χ3n) is 5.29. The van der Waals surface area contributed by atoms with Gasteiger partial charge in [0.1, 0.15) is 0 Å². The van der Waals surface area contributed by atoms with Gasteiger partial charge in [-0.1, -0.05) is 47.3 Å². The monoisotopic (exact) mass is 385 g/mol. The molecular formula is C17H21BrClNO2. The molecule has 3 unspecified atom stereocenters. The summed E-state index contributed by atoms with van der Waals surface area (Å²) in [5.41, 5.74) is 2.08. The van der Waals surface area contributed by atoms with Gasteiger partial charge < -0.3 is 10.4 Å². The zero-order valence-electron chi connectivity index (χ0n) is 12.7. The standard InChI is InChI=1S/C17H21BrClNO2/c1-2-5-17(9-14(21)22)6-3-4-11-12-7-10(18)8-13(19)15(12)20-16(11)17/h7-8,11,16,20H,2-6,9H2,1H3,(H,21,22). The predicted octanol–water partition coefficient (Wildman–Crippen LogP) is 5.43. The van der Waals surface area contributed by atoms with E-state index in [9.17, 15) is 9.90 Å². The summed E-state index contributed by atoms with van der Waals surface area (Å²) in [6.45, 7) is 2.14. The number of hydrogen-bond acceptors (Lipinski definition) is 2. The lowest BCUT2D eigenvalue weighted by molar-refractivity contribution is -0.140. The maximum Gasteiger partial charge on any atom is 0.303 e. The van der Waals surface area contributed by atoms with Gasteiger partial charge in [0.15, 0.2) is 0 Å². The van der Waals surface area contributed by atoms with Crippen LogP contribution in [0.1, 0.15) is 56.9 Å². The Kier molecular flexibility index (Phi) is 4.43. The molecule has 1 aromatic carbocycles. The maximum atomic E-state index is 11.5. The van der Waals surface area contributed by atoms with Crippen LogP contribution in [0.5, 0.6) is 0 Å². The third kappa shape index (κ3) is 2.65. The predicted molar refractivity (Wildman–Crippen MR) is 92.7 cm³/mol. The number of rotatable bonds is 4. The van der Waals surface area contributed by atoms with E-state index in [2.05, 4.69) is 34.2 Å². The first-order valence-corrected chi connectivity index (χ1v) is 9.11. The first kappa shape index (κ1) is 16.1. The van der Waals surface area contributed by atoms with Crippen molar-refractivity contribution in [2.45, 2.75) is 57.4 Å². The van der Waals surface area contributed by atoms with E-state index in [4.69, 9.17) is 11.6 Å². The fraction of sp³-hybridized carbons (Fsp3) is 0.588. The summed E-state index contributed by atoms with van der Waals surface area (Å²) in [7, 11) is 0. The second kappa shape index (κ2) is 6.04. The number of aliphatic carboxylic acids is 1. The van der Waals surface area contributed by atoms with Crippen LogP contribution >= 0.6 is 27.5 Å². The summed E-state index contributed by atoms with van der Waals surface area (Å²) in [4.78, 5) is 11.5. The topological polar surface area (TPSA) is 49.3 Å². The Morgan fingerprint density at radius 2 is 2.32 bits per heavy atom. The summed E-state index contributed by atoms with van der Waals surface area (Å²) in [6, 6.07) is 4.23. The summed E-state index contributed by atoms with van der Waals surface area (Å²) in [5.74, 6) is -0.330. The highest BCUT2D eigenvalue weighted by molar-refractivity contribution is 9.10. The van der Waals surface area contributed by atoms with Crippen LogP contribution in [0.3, 0.4) is 0 Å². The number of benzene rings is 1. The molecule has 120 valence electrons. The van der Waals surface area contributed by atoms with Gasteiger partial charge in [-0.15, -0.1) is 0 Å². The van der Waals surface area contributed by atoms with Gasteiger partial charge in [-0.05, 0) is 37.0 Å². The van der Waals surface area contributed by atoms with Crippen molar-refractivity contribution in [3.05, 3.63) is 27.2 Å². The van der Waals surface area contributed by atoms with Crippen LogP contribution < -0.4 is 5.32 Å². The smallest absolute Gasteiger partial charge is 0.303 e. The molecule has 1 fully saturated rings. The van der Waals surface area contributed by atoms with Crippen LogP contribution in [0.15, 0.2) is 16.6 Å². The lowest BCUT2D eigenvalue weighted by Gasteiger charge is -2.45. The van der Waals surface area contributed by atoms with E-state index in [1.54, 1.807) is 0 Å². The summed E-state index contributed by atoms with van der Waals surface area (Å²) < 4.78 is 0.989. The Morgan fingerprint density at radius 1 is 1.55 bits per heavy atom. The van der Waals surface area contributed by atoms with Gasteiger partial charge in [0.05, 0.1) is 17.1 Å². The second-order valence-corrected chi connectivity index (χ2v) is 7.98. The highest BCUT2D eigenvalue weighted by atomic mass is 79.9. The normalized spacial score (nSPS) is 29.6. The van der Waals surface area contributed by atoms with Gasteiger partial charge in [-0.3, -0.25) is 4.79 Å². The zero-order chi connectivity index (χ0) is 15.9. The van der Waals surface area contributed by atoms with Crippen molar-refractivity contribution in [1.82, 2.24) is 0 Å². The first-order chi connectivity index (χ1) is 10.5. The Balaban J connectivity index is 2.02. The number of anilines is 1. The van der Waals surface area contributed by atoms with Crippen molar-refractivity contribution in [2.75, 3.05) is 5.32 Å². The summed E-state index contributed by atoms with van der Waals surface area (Å²) >= 11 is 9.93. The molecule has 1 aromatic rings. The van der Waals surface area contributed by atoms with Gasteiger partial charge in [0.25, 0.3) is 0 Å². The van der Waals surface area contributed by atoms with Crippen molar-refractivity contribution >= 4 is 39.2 Å². The van der Waals surface area contributed by atoms with Crippen LogP contribution in [0.2, 0.25) is 5.02 Å². The fourth-order valence-corrected chi connectivity index (χ4v) is 5.46. The summed E-state index contributed by atoms with van der Waals surface area (Å²) in [5, 5.41) is 13.8. The minimum atomic E-state index is -0.695. The largest absolute Gasteiger partial charge is 0.481 e. The SMILES string of the molecule is CCCC1(CC(=O)O)CCCC2c3cc(Br)cc(Cl)c3NC21. The van der Waals surface area contributed by atoms with E-state index >= 15 is 0 Å². The van der Waals surface area contributed by atoms with Crippen molar-refractivity contribution in [2.24, 2.45) is 5.41 Å². The molecule has 0 radical (unpaired) electrons. The van der Waals surface area contributed by atoms with E-state index in [1.165, 1.54) is 5.56 Å². The molecule has 0 aromatic heterocycles. The van der Waals surface area contributed by atoms with E-state index in [0.717, 1.165) is 47.3 Å². The van der Waals surface area contributed by atoms with Crippen molar-refractivity contribution in [3.63, 3.8) is 0 Å². The van der Waals surface area contributed by atoms with Crippen LogP contribution in [-0.4, -0.2) is 17.1 Å². The molecule has 2 N–H and O–H groups in total. The number of nitrogens with one attached hydrogen (secondary N) is 1. The third-order valence-corrected chi connectivity index (χ3v) is 6.04.